The number of halogens is 1. The van der Waals surface area contributed by atoms with Crippen molar-refractivity contribution in [3.05, 3.63) is 63.7 Å². The molecule has 0 fully saturated rings. The average Bonchev–Trinajstić information content (AvgIpc) is 2.60. The summed E-state index contributed by atoms with van der Waals surface area (Å²) in [5.74, 6) is -1.45. The highest BCUT2D eigenvalue weighted by molar-refractivity contribution is 6.30. The monoisotopic (exact) mass is 378 g/mol. The number of ether oxygens (including phenoxy) is 2. The number of nitrogens with one attached hydrogen (secondary N) is 1. The molecular formula is C17H15ClN2O6. The van der Waals surface area contributed by atoms with E-state index in [1.807, 2.05) is 0 Å². The van der Waals surface area contributed by atoms with E-state index in [-0.39, 0.29) is 11.4 Å². The number of para-hydroxylation sites is 2. The molecule has 0 aliphatic carbocycles. The first-order valence-corrected chi connectivity index (χ1v) is 7.86. The van der Waals surface area contributed by atoms with Crippen LogP contribution < -0.4 is 10.1 Å². The minimum Gasteiger partial charge on any atom is -0.475 e. The highest BCUT2D eigenvalue weighted by Gasteiger charge is 2.20. The molecule has 0 saturated heterocycles. The summed E-state index contributed by atoms with van der Waals surface area (Å²) in [4.78, 5) is 34.1. The van der Waals surface area contributed by atoms with Gasteiger partial charge in [0.15, 0.2) is 18.5 Å². The van der Waals surface area contributed by atoms with Crippen molar-refractivity contribution in [1.29, 1.82) is 0 Å². The smallest absolute Gasteiger partial charge is 0.344 e. The minimum absolute atomic E-state index is 0.0644. The normalized spacial score (nSPS) is 11.3. The first kappa shape index (κ1) is 19.2. The first-order valence-electron chi connectivity index (χ1n) is 7.49. The first-order chi connectivity index (χ1) is 12.4. The SMILES string of the molecule is C[C@@H](OC(=O)COc1ccccc1[N+](=O)[O-])C(=O)Nc1cccc(Cl)c1. The van der Waals surface area contributed by atoms with Crippen molar-refractivity contribution in [2.45, 2.75) is 13.0 Å². The van der Waals surface area contributed by atoms with Gasteiger partial charge in [0.25, 0.3) is 5.91 Å². The van der Waals surface area contributed by atoms with Crippen molar-refractivity contribution in [2.75, 3.05) is 11.9 Å². The number of rotatable bonds is 7. The van der Waals surface area contributed by atoms with Crippen molar-refractivity contribution in [2.24, 2.45) is 0 Å². The number of nitro groups is 1. The molecule has 0 saturated carbocycles. The highest BCUT2D eigenvalue weighted by Crippen LogP contribution is 2.25. The van der Waals surface area contributed by atoms with Crippen LogP contribution in [0.2, 0.25) is 5.02 Å². The number of carbonyl (C=O) groups is 2. The molecule has 2 aromatic carbocycles. The van der Waals surface area contributed by atoms with E-state index >= 15 is 0 Å². The zero-order valence-corrected chi connectivity index (χ0v) is 14.4. The Bertz CT molecular complexity index is 826. The van der Waals surface area contributed by atoms with Gasteiger partial charge in [0, 0.05) is 16.8 Å². The lowest BCUT2D eigenvalue weighted by molar-refractivity contribution is -0.385. The van der Waals surface area contributed by atoms with Crippen molar-refractivity contribution in [3.63, 3.8) is 0 Å². The summed E-state index contributed by atoms with van der Waals surface area (Å²) in [6.45, 7) is 0.822. The predicted molar refractivity (Wildman–Crippen MR) is 94.2 cm³/mol. The Labute approximate surface area is 153 Å². The van der Waals surface area contributed by atoms with Crippen LogP contribution in [-0.4, -0.2) is 29.5 Å². The van der Waals surface area contributed by atoms with E-state index in [1.54, 1.807) is 24.3 Å². The Kier molecular flexibility index (Phi) is 6.51. The molecule has 0 aromatic heterocycles. The van der Waals surface area contributed by atoms with Crippen molar-refractivity contribution < 1.29 is 24.0 Å². The number of hydrogen-bond acceptors (Lipinski definition) is 6. The number of hydrogen-bond donors (Lipinski definition) is 1. The summed E-state index contributed by atoms with van der Waals surface area (Å²) in [7, 11) is 0. The van der Waals surface area contributed by atoms with Crippen molar-refractivity contribution >= 4 is 34.9 Å². The third-order valence-corrected chi connectivity index (χ3v) is 3.41. The zero-order chi connectivity index (χ0) is 19.1. The number of esters is 1. The Balaban J connectivity index is 1.87. The maximum atomic E-state index is 12.0. The largest absolute Gasteiger partial charge is 0.475 e. The average molecular weight is 379 g/mol. The molecule has 0 aliphatic rings. The molecule has 0 spiro atoms. The van der Waals surface area contributed by atoms with Crippen LogP contribution in [0.3, 0.4) is 0 Å². The molecule has 0 heterocycles. The van der Waals surface area contributed by atoms with Crippen LogP contribution in [0.15, 0.2) is 48.5 Å². The molecule has 9 heteroatoms. The fourth-order valence-corrected chi connectivity index (χ4v) is 2.15. The third-order valence-electron chi connectivity index (χ3n) is 3.18. The molecular weight excluding hydrogens is 364 g/mol. The lowest BCUT2D eigenvalue weighted by Crippen LogP contribution is -2.31. The minimum atomic E-state index is -1.09. The molecule has 2 aromatic rings. The van der Waals surface area contributed by atoms with Gasteiger partial charge in [0.2, 0.25) is 0 Å². The van der Waals surface area contributed by atoms with Crippen LogP contribution in [0.4, 0.5) is 11.4 Å². The van der Waals surface area contributed by atoms with Gasteiger partial charge in [-0.2, -0.15) is 0 Å². The molecule has 0 radical (unpaired) electrons. The Hall–Kier alpha value is -3.13. The Morgan fingerprint density at radius 3 is 2.65 bits per heavy atom. The number of anilines is 1. The lowest BCUT2D eigenvalue weighted by atomic mass is 10.3. The van der Waals surface area contributed by atoms with Crippen molar-refractivity contribution in [1.82, 2.24) is 0 Å². The van der Waals surface area contributed by atoms with Crippen LogP contribution >= 0.6 is 11.6 Å². The third kappa shape index (κ3) is 5.45. The van der Waals surface area contributed by atoms with E-state index < -0.39 is 29.5 Å². The quantitative estimate of drug-likeness (QED) is 0.450. The second-order valence-corrected chi connectivity index (χ2v) is 5.58. The van der Waals surface area contributed by atoms with E-state index in [0.29, 0.717) is 10.7 Å². The standard InChI is InChI=1S/C17H15ClN2O6/c1-11(17(22)19-13-6-4-5-12(18)9-13)26-16(21)10-25-15-8-3-2-7-14(15)20(23)24/h2-9,11H,10H2,1H3,(H,19,22)/t11-/m1/s1. The maximum absolute atomic E-state index is 12.0. The Morgan fingerprint density at radius 1 is 1.23 bits per heavy atom. The molecule has 1 N–H and O–H groups in total. The molecule has 1 amide bonds. The van der Waals surface area contributed by atoms with Gasteiger partial charge in [-0.05, 0) is 31.2 Å². The van der Waals surface area contributed by atoms with Crippen LogP contribution in [0.5, 0.6) is 5.75 Å². The summed E-state index contributed by atoms with van der Waals surface area (Å²) < 4.78 is 10.1. The molecule has 0 bridgehead atoms. The molecule has 0 aliphatic heterocycles. The zero-order valence-electron chi connectivity index (χ0n) is 13.7. The van der Waals surface area contributed by atoms with Gasteiger partial charge in [-0.15, -0.1) is 0 Å². The number of carbonyl (C=O) groups excluding carboxylic acids is 2. The van der Waals surface area contributed by atoms with Gasteiger partial charge >= 0.3 is 11.7 Å². The molecule has 2 rings (SSSR count). The van der Waals surface area contributed by atoms with E-state index in [2.05, 4.69) is 5.32 Å². The molecule has 0 unspecified atom stereocenters. The van der Waals surface area contributed by atoms with Crippen LogP contribution in [0, 0.1) is 10.1 Å². The van der Waals surface area contributed by atoms with Gasteiger partial charge in [0.05, 0.1) is 4.92 Å². The summed E-state index contributed by atoms with van der Waals surface area (Å²) >= 11 is 5.83. The number of nitrogens with zero attached hydrogens (tertiary/aromatic N) is 1. The van der Waals surface area contributed by atoms with Crippen molar-refractivity contribution in [3.8, 4) is 5.75 Å². The van der Waals surface area contributed by atoms with Gasteiger partial charge in [-0.1, -0.05) is 29.8 Å². The Morgan fingerprint density at radius 2 is 1.96 bits per heavy atom. The number of nitro benzene ring substituents is 1. The van der Waals surface area contributed by atoms with Gasteiger partial charge in [-0.25, -0.2) is 4.79 Å². The van der Waals surface area contributed by atoms with E-state index in [9.17, 15) is 19.7 Å². The summed E-state index contributed by atoms with van der Waals surface area (Å²) in [6.07, 6.45) is -1.09. The molecule has 8 nitrogen and oxygen atoms in total. The van der Waals surface area contributed by atoms with Gasteiger partial charge < -0.3 is 14.8 Å². The van der Waals surface area contributed by atoms with E-state index in [0.717, 1.165) is 0 Å². The second kappa shape index (κ2) is 8.82. The summed E-state index contributed by atoms with van der Waals surface area (Å²) in [5.41, 5.74) is 0.189. The summed E-state index contributed by atoms with van der Waals surface area (Å²) in [6, 6.07) is 12.1. The van der Waals surface area contributed by atoms with E-state index in [1.165, 1.54) is 31.2 Å². The second-order valence-electron chi connectivity index (χ2n) is 5.15. The fourth-order valence-electron chi connectivity index (χ4n) is 1.96. The van der Waals surface area contributed by atoms with Gasteiger partial charge in [-0.3, -0.25) is 14.9 Å². The van der Waals surface area contributed by atoms with Crippen LogP contribution in [0.1, 0.15) is 6.92 Å². The molecule has 26 heavy (non-hydrogen) atoms. The fraction of sp³-hybridized carbons (Fsp3) is 0.176. The lowest BCUT2D eigenvalue weighted by Gasteiger charge is -2.14. The maximum Gasteiger partial charge on any atom is 0.344 e. The predicted octanol–water partition coefficient (Wildman–Crippen LogP) is 3.20. The molecule has 1 atom stereocenters. The van der Waals surface area contributed by atoms with E-state index in [4.69, 9.17) is 21.1 Å². The highest BCUT2D eigenvalue weighted by atomic mass is 35.5. The molecule has 136 valence electrons. The number of benzene rings is 2. The van der Waals surface area contributed by atoms with Crippen LogP contribution in [-0.2, 0) is 14.3 Å². The van der Waals surface area contributed by atoms with Crippen LogP contribution in [0.25, 0.3) is 0 Å². The topological polar surface area (TPSA) is 108 Å². The summed E-state index contributed by atoms with van der Waals surface area (Å²) in [5, 5.41) is 13.9. The number of amides is 1. The van der Waals surface area contributed by atoms with Gasteiger partial charge in [0.1, 0.15) is 0 Å².